The molecule has 2 rings (SSSR count). The van der Waals surface area contributed by atoms with Gasteiger partial charge in [-0.1, -0.05) is 0 Å². The highest BCUT2D eigenvalue weighted by molar-refractivity contribution is 5.83. The summed E-state index contributed by atoms with van der Waals surface area (Å²) in [6.07, 6.45) is 1.49. The van der Waals surface area contributed by atoms with Gasteiger partial charge in [-0.3, -0.25) is 9.48 Å². The van der Waals surface area contributed by atoms with Crippen molar-refractivity contribution in [2.24, 2.45) is 5.92 Å². The minimum Gasteiger partial charge on any atom is -0.314 e. The number of rotatable bonds is 4. The lowest BCUT2D eigenvalue weighted by molar-refractivity contribution is -0.122. The molecule has 1 aliphatic heterocycles. The van der Waals surface area contributed by atoms with Crippen molar-refractivity contribution in [2.75, 3.05) is 6.54 Å². The van der Waals surface area contributed by atoms with Crippen molar-refractivity contribution >= 4 is 5.78 Å². The predicted octanol–water partition coefficient (Wildman–Crippen LogP) is 1.32. The van der Waals surface area contributed by atoms with Gasteiger partial charge < -0.3 is 5.32 Å². The zero-order valence-corrected chi connectivity index (χ0v) is 10.9. The molecule has 0 spiro atoms. The van der Waals surface area contributed by atoms with Crippen LogP contribution >= 0.6 is 0 Å². The van der Waals surface area contributed by atoms with Crippen molar-refractivity contribution in [2.45, 2.75) is 46.2 Å². The van der Waals surface area contributed by atoms with Crippen molar-refractivity contribution in [1.29, 1.82) is 0 Å². The predicted molar refractivity (Wildman–Crippen MR) is 66.9 cm³/mol. The van der Waals surface area contributed by atoms with E-state index in [1.807, 2.05) is 17.7 Å². The van der Waals surface area contributed by atoms with E-state index in [-0.39, 0.29) is 5.92 Å². The molecular weight excluding hydrogens is 214 g/mol. The van der Waals surface area contributed by atoms with Gasteiger partial charge >= 0.3 is 0 Å². The average Bonchev–Trinajstić information content (AvgIpc) is 2.84. The minimum atomic E-state index is 0.176. The molecule has 2 unspecified atom stereocenters. The van der Waals surface area contributed by atoms with E-state index in [0.717, 1.165) is 30.9 Å². The van der Waals surface area contributed by atoms with Crippen LogP contribution in [-0.2, 0) is 17.8 Å². The van der Waals surface area contributed by atoms with Gasteiger partial charge in [0.15, 0.2) is 0 Å². The first-order valence-corrected chi connectivity index (χ1v) is 6.41. The lowest BCUT2D eigenvalue weighted by Gasteiger charge is -2.13. The van der Waals surface area contributed by atoms with Gasteiger partial charge in [0.1, 0.15) is 5.78 Å². The molecule has 4 nitrogen and oxygen atoms in total. The Labute approximate surface area is 102 Å². The van der Waals surface area contributed by atoms with Gasteiger partial charge in [0.05, 0.1) is 5.69 Å². The van der Waals surface area contributed by atoms with E-state index < -0.39 is 0 Å². The first-order chi connectivity index (χ1) is 8.11. The maximum Gasteiger partial charge on any atom is 0.143 e. The minimum absolute atomic E-state index is 0.176. The summed E-state index contributed by atoms with van der Waals surface area (Å²) in [5.74, 6) is 0.521. The van der Waals surface area contributed by atoms with Gasteiger partial charge in [-0.05, 0) is 39.8 Å². The van der Waals surface area contributed by atoms with Crippen LogP contribution in [-0.4, -0.2) is 28.2 Å². The Kier molecular flexibility index (Phi) is 3.62. The van der Waals surface area contributed by atoms with Crippen LogP contribution in [0.1, 0.15) is 31.7 Å². The first-order valence-electron chi connectivity index (χ1n) is 6.41. The number of nitrogens with zero attached hydrogens (tertiary/aromatic N) is 2. The van der Waals surface area contributed by atoms with Crippen LogP contribution < -0.4 is 5.32 Å². The maximum absolute atomic E-state index is 12.2. The topological polar surface area (TPSA) is 46.9 Å². The molecule has 0 saturated carbocycles. The highest BCUT2D eigenvalue weighted by Crippen LogP contribution is 2.18. The summed E-state index contributed by atoms with van der Waals surface area (Å²) < 4.78 is 1.93. The molecule has 1 fully saturated rings. The van der Waals surface area contributed by atoms with Crippen molar-refractivity contribution < 1.29 is 4.79 Å². The van der Waals surface area contributed by atoms with E-state index in [2.05, 4.69) is 24.3 Å². The fourth-order valence-corrected chi connectivity index (χ4v) is 2.62. The van der Waals surface area contributed by atoms with Gasteiger partial charge in [0.25, 0.3) is 0 Å². The van der Waals surface area contributed by atoms with E-state index in [1.165, 1.54) is 0 Å². The number of carbonyl (C=O) groups excluding carboxylic acids is 1. The normalized spacial score (nSPS) is 24.2. The van der Waals surface area contributed by atoms with Crippen LogP contribution in [0.15, 0.2) is 6.07 Å². The summed E-state index contributed by atoms with van der Waals surface area (Å²) in [5, 5.41) is 7.70. The highest BCUT2D eigenvalue weighted by Gasteiger charge is 2.29. The summed E-state index contributed by atoms with van der Waals surface area (Å²) in [5.41, 5.74) is 2.04. The molecule has 17 heavy (non-hydrogen) atoms. The summed E-state index contributed by atoms with van der Waals surface area (Å²) in [6, 6.07) is 2.34. The third-order valence-electron chi connectivity index (χ3n) is 3.58. The van der Waals surface area contributed by atoms with Gasteiger partial charge in [0, 0.05) is 30.6 Å². The number of hydrogen-bond donors (Lipinski definition) is 1. The third-order valence-corrected chi connectivity index (χ3v) is 3.58. The molecule has 0 radical (unpaired) electrons. The van der Waals surface area contributed by atoms with Crippen LogP contribution in [0.2, 0.25) is 0 Å². The van der Waals surface area contributed by atoms with Crippen LogP contribution in [0.5, 0.6) is 0 Å². The second-order valence-electron chi connectivity index (χ2n) is 4.87. The number of aromatic nitrogens is 2. The Hall–Kier alpha value is -1.16. The molecule has 1 aromatic rings. The summed E-state index contributed by atoms with van der Waals surface area (Å²) in [7, 11) is 0. The van der Waals surface area contributed by atoms with Crippen LogP contribution in [0, 0.1) is 12.8 Å². The molecule has 0 aromatic carbocycles. The van der Waals surface area contributed by atoms with Crippen LogP contribution in [0.25, 0.3) is 0 Å². The van der Waals surface area contributed by atoms with Crippen molar-refractivity contribution in [3.8, 4) is 0 Å². The summed E-state index contributed by atoms with van der Waals surface area (Å²) in [4.78, 5) is 12.2. The molecule has 1 aromatic heterocycles. The van der Waals surface area contributed by atoms with Crippen molar-refractivity contribution in [3.63, 3.8) is 0 Å². The standard InChI is InChI=1S/C13H21N3O/c1-4-16-11(7-9(2)15-16)8-13(17)12-5-6-14-10(12)3/h7,10,12,14H,4-6,8H2,1-3H3. The lowest BCUT2D eigenvalue weighted by Crippen LogP contribution is -2.29. The number of nitrogens with one attached hydrogen (secondary N) is 1. The zero-order valence-electron chi connectivity index (χ0n) is 10.9. The molecule has 0 bridgehead atoms. The lowest BCUT2D eigenvalue weighted by atomic mass is 9.94. The monoisotopic (exact) mass is 235 g/mol. The number of carbonyl (C=O) groups is 1. The molecule has 1 saturated heterocycles. The Bertz CT molecular complexity index is 411. The molecular formula is C13H21N3O. The first kappa shape index (κ1) is 12.3. The van der Waals surface area contributed by atoms with E-state index in [4.69, 9.17) is 0 Å². The van der Waals surface area contributed by atoms with Crippen LogP contribution in [0.3, 0.4) is 0 Å². The summed E-state index contributed by atoms with van der Waals surface area (Å²) in [6.45, 7) is 7.91. The smallest absolute Gasteiger partial charge is 0.143 e. The average molecular weight is 235 g/mol. The fraction of sp³-hybridized carbons (Fsp3) is 0.692. The van der Waals surface area contributed by atoms with E-state index in [9.17, 15) is 4.79 Å². The molecule has 1 aliphatic rings. The fourth-order valence-electron chi connectivity index (χ4n) is 2.62. The van der Waals surface area contributed by atoms with E-state index in [1.54, 1.807) is 0 Å². The Morgan fingerprint density at radius 1 is 1.65 bits per heavy atom. The molecule has 2 heterocycles. The van der Waals surface area contributed by atoms with Gasteiger partial charge in [-0.25, -0.2) is 0 Å². The Morgan fingerprint density at radius 2 is 2.41 bits per heavy atom. The quantitative estimate of drug-likeness (QED) is 0.856. The van der Waals surface area contributed by atoms with Gasteiger partial charge in [0.2, 0.25) is 0 Å². The number of aryl methyl sites for hydroxylation is 2. The Morgan fingerprint density at radius 3 is 3.00 bits per heavy atom. The SMILES string of the molecule is CCn1nc(C)cc1CC(=O)C1CCNC1C. The molecule has 1 N–H and O–H groups in total. The molecule has 0 amide bonds. The third kappa shape index (κ3) is 2.57. The largest absolute Gasteiger partial charge is 0.314 e. The zero-order chi connectivity index (χ0) is 12.4. The van der Waals surface area contributed by atoms with E-state index >= 15 is 0 Å². The molecule has 94 valence electrons. The van der Waals surface area contributed by atoms with E-state index in [0.29, 0.717) is 18.2 Å². The number of hydrogen-bond acceptors (Lipinski definition) is 3. The number of ketones is 1. The van der Waals surface area contributed by atoms with Crippen LogP contribution in [0.4, 0.5) is 0 Å². The molecule has 0 aliphatic carbocycles. The second-order valence-corrected chi connectivity index (χ2v) is 4.87. The molecule has 2 atom stereocenters. The van der Waals surface area contributed by atoms with Gasteiger partial charge in [-0.2, -0.15) is 5.10 Å². The van der Waals surface area contributed by atoms with Crippen molar-refractivity contribution in [1.82, 2.24) is 15.1 Å². The molecule has 4 heteroatoms. The maximum atomic E-state index is 12.2. The highest BCUT2D eigenvalue weighted by atomic mass is 16.1. The second kappa shape index (κ2) is 5.00. The van der Waals surface area contributed by atoms with Gasteiger partial charge in [-0.15, -0.1) is 0 Å². The summed E-state index contributed by atoms with van der Waals surface area (Å²) >= 11 is 0. The Balaban J connectivity index is 2.07. The number of Topliss-reactive ketones (excluding diaryl/α,β-unsaturated/α-hetero) is 1. The van der Waals surface area contributed by atoms with Crippen molar-refractivity contribution in [3.05, 3.63) is 17.5 Å².